The lowest BCUT2D eigenvalue weighted by atomic mass is 9.88. The van der Waals surface area contributed by atoms with Crippen molar-refractivity contribution in [2.45, 2.75) is 187 Å². The zero-order chi connectivity index (χ0) is 54.1. The Hall–Kier alpha value is -3.89. The highest BCUT2D eigenvalue weighted by atomic mass is 35.5. The van der Waals surface area contributed by atoms with Gasteiger partial charge in [-0.05, 0) is 90.5 Å². The number of allylic oxidation sites excluding steroid dienone is 4. The van der Waals surface area contributed by atoms with Crippen molar-refractivity contribution in [3.8, 4) is 11.5 Å². The number of rotatable bonds is 13. The molecule has 0 aliphatic carbocycles. The maximum absolute atomic E-state index is 13.9. The maximum atomic E-state index is 13.9. The van der Waals surface area contributed by atoms with Gasteiger partial charge in [0.2, 0.25) is 0 Å². The minimum Gasteiger partial charge on any atom is -0.505 e. The van der Waals surface area contributed by atoms with E-state index in [-0.39, 0.29) is 35.4 Å². The molecule has 4 rings (SSSR count). The second-order valence-electron chi connectivity index (χ2n) is 19.4. The summed E-state index contributed by atoms with van der Waals surface area (Å²) in [4.78, 5) is 40.0. The SMILES string of the molecule is CCc1c(Cl)c(O)c(Cl)c(O)c1C(=O)O[C@@H]1[C@@H](O)[C@@H](OC)[C@@H](OC/C2=C\C=C\C[C@H](O)/C(C)=C/[C@H](CC)C(O[C@@H]3OC(C)(C)C(OC(=O)C(C)C)[C@H](O)[C@@H]3O)/C(C)=C/C(C)=C/CC([C@@H](C)O)OC2=O)O[C@H]1C. The number of aliphatic hydroxyl groups excluding tert-OH is 5. The van der Waals surface area contributed by atoms with Gasteiger partial charge in [0.25, 0.3) is 0 Å². The van der Waals surface area contributed by atoms with E-state index in [0.29, 0.717) is 23.1 Å². The van der Waals surface area contributed by atoms with Crippen molar-refractivity contribution < 1.29 is 88.0 Å². The summed E-state index contributed by atoms with van der Waals surface area (Å²) in [6.45, 7) is 18.1. The van der Waals surface area contributed by atoms with Crippen molar-refractivity contribution in [1.29, 1.82) is 0 Å². The maximum Gasteiger partial charge on any atom is 0.342 e. The Labute approximate surface area is 431 Å². The number of ether oxygens (including phenoxy) is 8. The molecule has 0 saturated carbocycles. The molecule has 404 valence electrons. The molecule has 1 aromatic carbocycles. The third-order valence-corrected chi connectivity index (χ3v) is 13.8. The van der Waals surface area contributed by atoms with Crippen molar-refractivity contribution in [1.82, 2.24) is 0 Å². The minimum atomic E-state index is -1.61. The average molecular weight is 1060 g/mol. The van der Waals surface area contributed by atoms with Crippen LogP contribution >= 0.6 is 23.2 Å². The molecule has 3 unspecified atom stereocenters. The number of hydrogen-bond acceptors (Lipinski definition) is 18. The Bertz CT molecular complexity index is 2220. The molecule has 3 heterocycles. The van der Waals surface area contributed by atoms with Crippen molar-refractivity contribution in [3.63, 3.8) is 0 Å². The first-order valence-electron chi connectivity index (χ1n) is 24.2. The Morgan fingerprint density at radius 1 is 0.903 bits per heavy atom. The number of phenols is 2. The predicted molar refractivity (Wildman–Crippen MR) is 265 cm³/mol. The lowest BCUT2D eigenvalue weighted by Crippen LogP contribution is -2.64. The summed E-state index contributed by atoms with van der Waals surface area (Å²) in [7, 11) is 1.26. The summed E-state index contributed by atoms with van der Waals surface area (Å²) in [5.74, 6) is -4.78. The molecule has 18 nitrogen and oxygen atoms in total. The number of aliphatic hydroxyl groups is 5. The van der Waals surface area contributed by atoms with Crippen LogP contribution in [0.3, 0.4) is 0 Å². The zero-order valence-corrected chi connectivity index (χ0v) is 44.5. The number of cyclic esters (lactones) is 1. The molecule has 72 heavy (non-hydrogen) atoms. The molecule has 3 aliphatic heterocycles. The van der Waals surface area contributed by atoms with Gasteiger partial charge in [0.05, 0.1) is 47.5 Å². The van der Waals surface area contributed by atoms with Crippen LogP contribution in [-0.4, -0.2) is 153 Å². The molecule has 7 N–H and O–H groups in total. The third kappa shape index (κ3) is 14.7. The summed E-state index contributed by atoms with van der Waals surface area (Å²) < 4.78 is 47.5. The summed E-state index contributed by atoms with van der Waals surface area (Å²) >= 11 is 12.3. The molecule has 0 radical (unpaired) electrons. The van der Waals surface area contributed by atoms with Gasteiger partial charge in [0, 0.05) is 19.4 Å². The van der Waals surface area contributed by atoms with Gasteiger partial charge in [-0.15, -0.1) is 0 Å². The fourth-order valence-electron chi connectivity index (χ4n) is 8.60. The Kier molecular flexibility index (Phi) is 22.4. The van der Waals surface area contributed by atoms with Gasteiger partial charge in [-0.1, -0.05) is 86.9 Å². The van der Waals surface area contributed by atoms with Gasteiger partial charge in [-0.3, -0.25) is 4.79 Å². The number of benzene rings is 1. The molecule has 0 spiro atoms. The number of carbonyl (C=O) groups is 3. The minimum absolute atomic E-state index is 0.0372. The highest BCUT2D eigenvalue weighted by molar-refractivity contribution is 6.39. The average Bonchev–Trinajstić information content (AvgIpc) is 3.32. The quantitative estimate of drug-likeness (QED) is 0.0655. The van der Waals surface area contributed by atoms with Gasteiger partial charge in [-0.25, -0.2) is 9.59 Å². The molecule has 0 amide bonds. The largest absolute Gasteiger partial charge is 0.505 e. The molecule has 0 aromatic heterocycles. The molecule has 0 bridgehead atoms. The Balaban J connectivity index is 1.61. The number of aromatic hydroxyl groups is 2. The first-order chi connectivity index (χ1) is 33.7. The predicted octanol–water partition coefficient (Wildman–Crippen LogP) is 6.23. The van der Waals surface area contributed by atoms with Gasteiger partial charge in [0.15, 0.2) is 36.3 Å². The van der Waals surface area contributed by atoms with Crippen LogP contribution in [-0.2, 0) is 53.9 Å². The van der Waals surface area contributed by atoms with E-state index in [4.69, 9.17) is 61.1 Å². The van der Waals surface area contributed by atoms with E-state index in [1.807, 2.05) is 32.9 Å². The van der Waals surface area contributed by atoms with Crippen molar-refractivity contribution in [2.24, 2.45) is 11.8 Å². The number of hydrogen-bond donors (Lipinski definition) is 7. The Morgan fingerprint density at radius 3 is 2.17 bits per heavy atom. The highest BCUT2D eigenvalue weighted by Gasteiger charge is 2.53. The van der Waals surface area contributed by atoms with Crippen LogP contribution in [0.2, 0.25) is 10.0 Å². The van der Waals surface area contributed by atoms with Crippen LogP contribution in [0.4, 0.5) is 0 Å². The van der Waals surface area contributed by atoms with Crippen LogP contribution in [0.15, 0.2) is 58.7 Å². The van der Waals surface area contributed by atoms with E-state index in [2.05, 4.69) is 0 Å². The van der Waals surface area contributed by atoms with Crippen LogP contribution < -0.4 is 0 Å². The summed E-state index contributed by atoms with van der Waals surface area (Å²) in [6, 6.07) is 0. The number of methoxy groups -OCH3 is 1. The number of esters is 3. The monoisotopic (exact) mass is 1060 g/mol. The van der Waals surface area contributed by atoms with Gasteiger partial charge in [0.1, 0.15) is 46.7 Å². The lowest BCUT2D eigenvalue weighted by Gasteiger charge is -2.47. The van der Waals surface area contributed by atoms with E-state index >= 15 is 0 Å². The molecular formula is C52H74Cl2O18. The fraction of sp³-hybridized carbons (Fsp3) is 0.635. The number of phenolic OH excluding ortho intramolecular Hbond substituents is 2. The fourth-order valence-corrected chi connectivity index (χ4v) is 9.16. The van der Waals surface area contributed by atoms with Crippen LogP contribution in [0, 0.1) is 11.8 Å². The lowest BCUT2D eigenvalue weighted by molar-refractivity contribution is -0.333. The van der Waals surface area contributed by atoms with E-state index in [1.54, 1.807) is 53.7 Å². The highest BCUT2D eigenvalue weighted by Crippen LogP contribution is 2.45. The Morgan fingerprint density at radius 2 is 1.57 bits per heavy atom. The zero-order valence-electron chi connectivity index (χ0n) is 43.0. The topological polar surface area (TPSA) is 267 Å². The third-order valence-electron chi connectivity index (χ3n) is 13.0. The normalized spacial score (nSPS) is 34.8. The van der Waals surface area contributed by atoms with Gasteiger partial charge >= 0.3 is 17.9 Å². The molecule has 3 aliphatic rings. The number of carbonyl (C=O) groups excluding carboxylic acids is 3. The first kappa shape index (κ1) is 60.7. The van der Waals surface area contributed by atoms with Gasteiger partial charge < -0.3 is 73.6 Å². The van der Waals surface area contributed by atoms with Crippen molar-refractivity contribution >= 4 is 41.1 Å². The molecular weight excluding hydrogens is 983 g/mol. The van der Waals surface area contributed by atoms with E-state index in [9.17, 15) is 50.1 Å². The second kappa shape index (κ2) is 26.5. The smallest absolute Gasteiger partial charge is 0.342 e. The molecule has 2 saturated heterocycles. The van der Waals surface area contributed by atoms with Gasteiger partial charge in [-0.2, -0.15) is 0 Å². The van der Waals surface area contributed by atoms with Crippen LogP contribution in [0.25, 0.3) is 0 Å². The molecule has 20 heteroatoms. The first-order valence-corrected chi connectivity index (χ1v) is 24.9. The summed E-state index contributed by atoms with van der Waals surface area (Å²) in [5.41, 5.74) is 0.318. The second-order valence-corrected chi connectivity index (χ2v) is 20.1. The molecule has 1 aromatic rings. The van der Waals surface area contributed by atoms with E-state index < -0.39 is 144 Å². The van der Waals surface area contributed by atoms with Crippen molar-refractivity contribution in [3.05, 3.63) is 79.9 Å². The van der Waals surface area contributed by atoms with E-state index in [1.165, 1.54) is 33.1 Å². The van der Waals surface area contributed by atoms with E-state index in [0.717, 1.165) is 0 Å². The van der Waals surface area contributed by atoms with Crippen molar-refractivity contribution in [2.75, 3.05) is 13.7 Å². The standard InChI is InChI=1S/C52H74Cl2O18/c1-13-30-22-26(6)33(56)18-16-15-17-31(23-66-51-45(65-12)42(61)44(29(9)67-51)69-49(64)35-32(14-2)36(53)39(58)37(54)38(35)57)48(63)68-34(28(8)55)20-19-25(5)21-27(7)43(30)70-50-41(60)40(59)46(52(10,11)72-50)71-47(62)24(3)4/h15-17,19,21-22,24,28-30,33-34,40-46,50-51,55-61H,13-14,18,20,23H2,1-12H3/b16-15+,25-19+,26-22+,27-21+,31-17+/t28-,29+,30+,33+,34?,40-,41+,42-,43?,44+,45-,46?,50-,51+/m1/s1. The van der Waals surface area contributed by atoms with Crippen LogP contribution in [0.1, 0.15) is 111 Å². The molecule has 2 fully saturated rings. The molecule has 14 atom stereocenters. The number of halogens is 2. The van der Waals surface area contributed by atoms with Crippen LogP contribution in [0.5, 0.6) is 11.5 Å². The summed E-state index contributed by atoms with van der Waals surface area (Å²) in [6.07, 6.45) is -5.45. The summed E-state index contributed by atoms with van der Waals surface area (Å²) in [5, 5.41) is 76.5.